The van der Waals surface area contributed by atoms with Crippen LogP contribution in [-0.4, -0.2) is 19.2 Å². The third kappa shape index (κ3) is 1.31. The standard InChI is InChI=1S/C12H10B2O/c15-14-11-7-3-1-5-9(11)13-10-6-2-4-8-12(10)14/h1-8,13,15H. The molecule has 0 atom stereocenters. The number of fused-ring (bicyclic) bond motifs is 2. The van der Waals surface area contributed by atoms with E-state index < -0.39 is 6.92 Å². The van der Waals surface area contributed by atoms with Crippen LogP contribution in [0.25, 0.3) is 0 Å². The van der Waals surface area contributed by atoms with Crippen molar-refractivity contribution >= 4 is 36.0 Å². The molecule has 0 radical (unpaired) electrons. The first-order valence-corrected chi connectivity index (χ1v) is 5.20. The minimum atomic E-state index is -0.453. The molecule has 1 heterocycles. The molecule has 0 bridgehead atoms. The minimum absolute atomic E-state index is 0.453. The molecule has 0 saturated carbocycles. The van der Waals surface area contributed by atoms with Crippen LogP contribution in [0.2, 0.25) is 0 Å². The van der Waals surface area contributed by atoms with Gasteiger partial charge in [-0.2, -0.15) is 0 Å². The van der Waals surface area contributed by atoms with Gasteiger partial charge >= 0.3 is 6.92 Å². The summed E-state index contributed by atoms with van der Waals surface area (Å²) in [5.41, 5.74) is 4.58. The summed E-state index contributed by atoms with van der Waals surface area (Å²) in [7, 11) is 0.934. The lowest BCUT2D eigenvalue weighted by Gasteiger charge is -2.21. The summed E-state index contributed by atoms with van der Waals surface area (Å²) in [6, 6.07) is 16.2. The Labute approximate surface area is 90.1 Å². The van der Waals surface area contributed by atoms with E-state index in [1.165, 1.54) is 10.9 Å². The van der Waals surface area contributed by atoms with E-state index in [2.05, 4.69) is 12.1 Å². The van der Waals surface area contributed by atoms with E-state index in [-0.39, 0.29) is 0 Å². The molecule has 2 aromatic rings. The summed E-state index contributed by atoms with van der Waals surface area (Å²) >= 11 is 0. The van der Waals surface area contributed by atoms with Crippen LogP contribution in [0.1, 0.15) is 0 Å². The fourth-order valence-electron chi connectivity index (χ4n) is 2.30. The van der Waals surface area contributed by atoms with Crippen LogP contribution in [0, 0.1) is 0 Å². The monoisotopic (exact) mass is 192 g/mol. The molecule has 1 aliphatic heterocycles. The van der Waals surface area contributed by atoms with Crippen molar-refractivity contribution < 1.29 is 5.02 Å². The van der Waals surface area contributed by atoms with E-state index in [9.17, 15) is 5.02 Å². The smallest absolute Gasteiger partial charge is 0.357 e. The predicted molar refractivity (Wildman–Crippen MR) is 66.5 cm³/mol. The third-order valence-electron chi connectivity index (χ3n) is 3.08. The van der Waals surface area contributed by atoms with Crippen molar-refractivity contribution in [1.82, 2.24) is 0 Å². The molecule has 0 aromatic heterocycles. The summed E-state index contributed by atoms with van der Waals surface area (Å²) in [4.78, 5) is 0. The zero-order valence-electron chi connectivity index (χ0n) is 8.35. The number of hydrogen-bond acceptors (Lipinski definition) is 1. The van der Waals surface area contributed by atoms with E-state index in [0.717, 1.165) is 18.2 Å². The van der Waals surface area contributed by atoms with Crippen LogP contribution < -0.4 is 21.9 Å². The normalized spacial score (nSPS) is 12.7. The Morgan fingerprint density at radius 3 is 1.80 bits per heavy atom. The summed E-state index contributed by atoms with van der Waals surface area (Å²) in [6.07, 6.45) is 0. The van der Waals surface area contributed by atoms with Crippen LogP contribution in [0.3, 0.4) is 0 Å². The van der Waals surface area contributed by atoms with Gasteiger partial charge in [0.2, 0.25) is 0 Å². The van der Waals surface area contributed by atoms with Gasteiger partial charge in [-0.05, 0) is 10.9 Å². The molecular weight excluding hydrogens is 182 g/mol. The zero-order valence-corrected chi connectivity index (χ0v) is 8.35. The van der Waals surface area contributed by atoms with Crippen molar-refractivity contribution in [3.8, 4) is 0 Å². The molecule has 0 unspecified atom stereocenters. The SMILES string of the molecule is OB1c2ccccc2Bc2ccccc21. The molecular formula is C12H10B2O. The quantitative estimate of drug-likeness (QED) is 0.502. The Morgan fingerprint density at radius 1 is 0.800 bits per heavy atom. The topological polar surface area (TPSA) is 20.2 Å². The molecule has 3 heteroatoms. The fraction of sp³-hybridized carbons (Fsp3) is 0. The highest BCUT2D eigenvalue weighted by Gasteiger charge is 2.27. The molecule has 15 heavy (non-hydrogen) atoms. The van der Waals surface area contributed by atoms with E-state index in [4.69, 9.17) is 0 Å². The Bertz CT molecular complexity index is 465. The predicted octanol–water partition coefficient (Wildman–Crippen LogP) is -1.51. The molecule has 0 fully saturated rings. The molecule has 2 aromatic carbocycles. The largest absolute Gasteiger partial charge is 0.443 e. The van der Waals surface area contributed by atoms with E-state index in [1.807, 2.05) is 36.4 Å². The van der Waals surface area contributed by atoms with Gasteiger partial charge < -0.3 is 5.02 Å². The maximum atomic E-state index is 10.2. The van der Waals surface area contributed by atoms with Crippen molar-refractivity contribution in [2.24, 2.45) is 0 Å². The second-order valence-corrected chi connectivity index (χ2v) is 3.98. The number of benzene rings is 2. The molecule has 0 amide bonds. The number of rotatable bonds is 0. The first kappa shape index (κ1) is 8.81. The average molecular weight is 192 g/mol. The molecule has 3 rings (SSSR count). The second-order valence-electron chi connectivity index (χ2n) is 3.98. The highest BCUT2D eigenvalue weighted by Crippen LogP contribution is 1.92. The Balaban J connectivity index is 2.20. The van der Waals surface area contributed by atoms with E-state index >= 15 is 0 Å². The Kier molecular flexibility index (Phi) is 1.93. The van der Waals surface area contributed by atoms with Gasteiger partial charge in [0, 0.05) is 0 Å². The first-order valence-electron chi connectivity index (χ1n) is 5.20. The molecule has 0 saturated heterocycles. The van der Waals surface area contributed by atoms with Crippen LogP contribution in [0.5, 0.6) is 0 Å². The molecule has 1 aliphatic rings. The molecule has 1 N–H and O–H groups in total. The Hall–Kier alpha value is -1.47. The van der Waals surface area contributed by atoms with Crippen LogP contribution in [-0.2, 0) is 0 Å². The van der Waals surface area contributed by atoms with Gasteiger partial charge in [-0.1, -0.05) is 59.5 Å². The van der Waals surface area contributed by atoms with Gasteiger partial charge in [0.25, 0.3) is 0 Å². The lowest BCUT2D eigenvalue weighted by atomic mass is 9.40. The summed E-state index contributed by atoms with van der Waals surface area (Å²) in [5, 5.41) is 10.2. The second kappa shape index (κ2) is 3.28. The van der Waals surface area contributed by atoms with E-state index in [0.29, 0.717) is 0 Å². The minimum Gasteiger partial charge on any atom is -0.443 e. The number of hydrogen-bond donors (Lipinski definition) is 1. The van der Waals surface area contributed by atoms with Crippen LogP contribution >= 0.6 is 0 Å². The van der Waals surface area contributed by atoms with Gasteiger partial charge in [-0.15, -0.1) is 0 Å². The van der Waals surface area contributed by atoms with Crippen LogP contribution in [0.4, 0.5) is 0 Å². The first-order chi connectivity index (χ1) is 7.36. The van der Waals surface area contributed by atoms with Crippen LogP contribution in [0.15, 0.2) is 48.5 Å². The fourth-order valence-corrected chi connectivity index (χ4v) is 2.30. The van der Waals surface area contributed by atoms with Crippen molar-refractivity contribution in [3.63, 3.8) is 0 Å². The lowest BCUT2D eigenvalue weighted by Crippen LogP contribution is -2.63. The Morgan fingerprint density at radius 2 is 1.27 bits per heavy atom. The van der Waals surface area contributed by atoms with E-state index in [1.54, 1.807) is 0 Å². The van der Waals surface area contributed by atoms with Crippen molar-refractivity contribution in [3.05, 3.63) is 48.5 Å². The van der Waals surface area contributed by atoms with Gasteiger partial charge in [-0.3, -0.25) is 0 Å². The highest BCUT2D eigenvalue weighted by atomic mass is 16.2. The molecule has 1 nitrogen and oxygen atoms in total. The van der Waals surface area contributed by atoms with Gasteiger partial charge in [0.05, 0.1) is 0 Å². The van der Waals surface area contributed by atoms with Crippen molar-refractivity contribution in [1.29, 1.82) is 0 Å². The third-order valence-corrected chi connectivity index (χ3v) is 3.08. The van der Waals surface area contributed by atoms with Crippen molar-refractivity contribution in [2.75, 3.05) is 0 Å². The van der Waals surface area contributed by atoms with Gasteiger partial charge in [0.15, 0.2) is 7.28 Å². The molecule has 0 spiro atoms. The summed E-state index contributed by atoms with van der Waals surface area (Å²) in [6.45, 7) is -0.453. The maximum Gasteiger partial charge on any atom is 0.357 e. The van der Waals surface area contributed by atoms with Crippen molar-refractivity contribution in [2.45, 2.75) is 0 Å². The lowest BCUT2D eigenvalue weighted by molar-refractivity contribution is 0.600. The summed E-state index contributed by atoms with van der Waals surface area (Å²) in [5.74, 6) is 0. The highest BCUT2D eigenvalue weighted by molar-refractivity contribution is 6.93. The van der Waals surface area contributed by atoms with Gasteiger partial charge in [0.1, 0.15) is 0 Å². The summed E-state index contributed by atoms with van der Waals surface area (Å²) < 4.78 is 0. The van der Waals surface area contributed by atoms with Gasteiger partial charge in [-0.25, -0.2) is 0 Å². The molecule has 70 valence electrons. The maximum absolute atomic E-state index is 10.2. The average Bonchev–Trinajstić information content (AvgIpc) is 2.30. The zero-order chi connectivity index (χ0) is 10.3. The molecule has 0 aliphatic carbocycles.